The lowest BCUT2D eigenvalue weighted by Gasteiger charge is -2.31. The zero-order chi connectivity index (χ0) is 18.3. The van der Waals surface area contributed by atoms with Crippen LogP contribution < -0.4 is 4.74 Å². The van der Waals surface area contributed by atoms with Gasteiger partial charge in [-0.15, -0.1) is 0 Å². The molecule has 1 aliphatic carbocycles. The number of pyridine rings is 1. The first-order chi connectivity index (χ1) is 12.5. The van der Waals surface area contributed by atoms with Crippen molar-refractivity contribution in [2.24, 2.45) is 11.8 Å². The van der Waals surface area contributed by atoms with Crippen molar-refractivity contribution in [1.82, 2.24) is 9.29 Å². The van der Waals surface area contributed by atoms with Gasteiger partial charge in [0.15, 0.2) is 0 Å². The molecule has 26 heavy (non-hydrogen) atoms. The van der Waals surface area contributed by atoms with Crippen molar-refractivity contribution >= 4 is 10.0 Å². The van der Waals surface area contributed by atoms with Crippen LogP contribution in [0.5, 0.6) is 5.75 Å². The van der Waals surface area contributed by atoms with E-state index in [9.17, 15) is 12.8 Å². The van der Waals surface area contributed by atoms with E-state index in [1.807, 2.05) is 0 Å². The minimum Gasteiger partial charge on any atom is -0.496 e. The molecule has 1 aliphatic heterocycles. The van der Waals surface area contributed by atoms with Crippen molar-refractivity contribution in [2.45, 2.75) is 24.2 Å². The second-order valence-corrected chi connectivity index (χ2v) is 9.06. The number of sulfonamides is 1. The van der Waals surface area contributed by atoms with Crippen LogP contribution in [0, 0.1) is 17.7 Å². The summed E-state index contributed by atoms with van der Waals surface area (Å²) in [5, 5.41) is 0. The normalized spacial score (nSPS) is 23.2. The maximum absolute atomic E-state index is 13.6. The lowest BCUT2D eigenvalue weighted by Crippen LogP contribution is -2.40. The van der Waals surface area contributed by atoms with Crippen molar-refractivity contribution in [1.29, 1.82) is 0 Å². The fourth-order valence-corrected chi connectivity index (χ4v) is 5.76. The SMILES string of the molecule is COc1ccc(S(=O)(=O)N2C[C@@H]3CC[C@@H](C3)C2)cc1-c1cncc(F)c1. The van der Waals surface area contributed by atoms with Crippen molar-refractivity contribution < 1.29 is 17.5 Å². The summed E-state index contributed by atoms with van der Waals surface area (Å²) in [6.07, 6.45) is 5.96. The summed E-state index contributed by atoms with van der Waals surface area (Å²) in [4.78, 5) is 4.06. The van der Waals surface area contributed by atoms with Gasteiger partial charge < -0.3 is 4.74 Å². The monoisotopic (exact) mass is 376 g/mol. The Morgan fingerprint density at radius 2 is 1.88 bits per heavy atom. The standard InChI is InChI=1S/C19H21FN2O3S/c1-25-19-5-4-17(8-18(19)15-7-16(20)10-21-9-15)26(23,24)22-11-13-2-3-14(6-13)12-22/h4-5,7-10,13-14H,2-3,6,11-12H2,1H3/t13-,14+. The largest absolute Gasteiger partial charge is 0.496 e. The lowest BCUT2D eigenvalue weighted by molar-refractivity contribution is 0.261. The number of ether oxygens (including phenoxy) is 1. The van der Waals surface area contributed by atoms with Gasteiger partial charge >= 0.3 is 0 Å². The van der Waals surface area contributed by atoms with E-state index in [2.05, 4.69) is 4.98 Å². The van der Waals surface area contributed by atoms with E-state index >= 15 is 0 Å². The summed E-state index contributed by atoms with van der Waals surface area (Å²) >= 11 is 0. The van der Waals surface area contributed by atoms with Gasteiger partial charge in [0.2, 0.25) is 10.0 Å². The summed E-state index contributed by atoms with van der Waals surface area (Å²) in [7, 11) is -2.09. The predicted molar refractivity (Wildman–Crippen MR) is 95.8 cm³/mol. The molecule has 7 heteroatoms. The smallest absolute Gasteiger partial charge is 0.243 e. The second-order valence-electron chi connectivity index (χ2n) is 7.12. The molecule has 1 saturated heterocycles. The molecule has 138 valence electrons. The zero-order valence-corrected chi connectivity index (χ0v) is 15.4. The minimum absolute atomic E-state index is 0.207. The number of methoxy groups -OCH3 is 1. The van der Waals surface area contributed by atoms with E-state index in [4.69, 9.17) is 4.74 Å². The van der Waals surface area contributed by atoms with Crippen LogP contribution in [0.1, 0.15) is 19.3 Å². The van der Waals surface area contributed by atoms with Crippen LogP contribution >= 0.6 is 0 Å². The van der Waals surface area contributed by atoms with E-state index in [1.54, 1.807) is 22.5 Å². The summed E-state index contributed by atoms with van der Waals surface area (Å²) < 4.78 is 46.8. The highest BCUT2D eigenvalue weighted by molar-refractivity contribution is 7.89. The van der Waals surface area contributed by atoms with Gasteiger partial charge in [0.05, 0.1) is 18.2 Å². The number of benzene rings is 1. The van der Waals surface area contributed by atoms with Gasteiger partial charge in [-0.25, -0.2) is 12.8 Å². The quantitative estimate of drug-likeness (QED) is 0.821. The van der Waals surface area contributed by atoms with Crippen LogP contribution in [-0.4, -0.2) is 37.9 Å². The van der Waals surface area contributed by atoms with Crippen molar-refractivity contribution in [2.75, 3.05) is 20.2 Å². The highest BCUT2D eigenvalue weighted by atomic mass is 32.2. The summed E-state index contributed by atoms with van der Waals surface area (Å²) in [6.45, 7) is 1.17. The van der Waals surface area contributed by atoms with E-state index in [-0.39, 0.29) is 4.90 Å². The molecule has 0 amide bonds. The maximum atomic E-state index is 13.6. The van der Waals surface area contributed by atoms with E-state index < -0.39 is 15.8 Å². The molecular formula is C19H21FN2O3S. The third kappa shape index (κ3) is 3.10. The molecule has 2 heterocycles. The van der Waals surface area contributed by atoms with Gasteiger partial charge in [0, 0.05) is 30.4 Å². The van der Waals surface area contributed by atoms with Gasteiger partial charge in [-0.2, -0.15) is 4.31 Å². The molecule has 2 fully saturated rings. The molecule has 1 saturated carbocycles. The van der Waals surface area contributed by atoms with E-state index in [1.165, 1.54) is 19.4 Å². The predicted octanol–water partition coefficient (Wildman–Crippen LogP) is 3.32. The van der Waals surface area contributed by atoms with Gasteiger partial charge in [-0.05, 0) is 55.4 Å². The van der Waals surface area contributed by atoms with Crippen molar-refractivity contribution in [3.8, 4) is 16.9 Å². The highest BCUT2D eigenvalue weighted by Gasteiger charge is 2.38. The van der Waals surface area contributed by atoms with E-state index in [0.717, 1.165) is 25.5 Å². The molecule has 0 radical (unpaired) electrons. The second kappa shape index (κ2) is 6.63. The van der Waals surface area contributed by atoms with Gasteiger partial charge in [-0.3, -0.25) is 4.98 Å². The van der Waals surface area contributed by atoms with Crippen molar-refractivity contribution in [3.63, 3.8) is 0 Å². The fraction of sp³-hybridized carbons (Fsp3) is 0.421. The number of halogens is 1. The first-order valence-corrected chi connectivity index (χ1v) is 10.2. The van der Waals surface area contributed by atoms with Crippen LogP contribution in [0.3, 0.4) is 0 Å². The molecule has 0 N–H and O–H groups in total. The topological polar surface area (TPSA) is 59.5 Å². The number of nitrogens with zero attached hydrogens (tertiary/aromatic N) is 2. The summed E-state index contributed by atoms with van der Waals surface area (Å²) in [6, 6.07) is 6.05. The highest BCUT2D eigenvalue weighted by Crippen LogP contribution is 2.39. The average Bonchev–Trinajstić information content (AvgIpc) is 2.98. The number of rotatable bonds is 4. The average molecular weight is 376 g/mol. The molecule has 5 nitrogen and oxygen atoms in total. The maximum Gasteiger partial charge on any atom is 0.243 e. The number of hydrogen-bond acceptors (Lipinski definition) is 4. The van der Waals surface area contributed by atoms with Crippen LogP contribution in [0.25, 0.3) is 11.1 Å². The summed E-state index contributed by atoms with van der Waals surface area (Å²) in [5.41, 5.74) is 0.998. The molecule has 1 aromatic carbocycles. The molecule has 2 aromatic rings. The van der Waals surface area contributed by atoms with Gasteiger partial charge in [0.1, 0.15) is 11.6 Å². The van der Waals surface area contributed by atoms with Crippen LogP contribution in [-0.2, 0) is 10.0 Å². The Bertz CT molecular complexity index is 920. The Balaban J connectivity index is 1.74. The molecule has 2 aliphatic rings. The zero-order valence-electron chi connectivity index (χ0n) is 14.6. The number of piperidine rings is 1. The van der Waals surface area contributed by atoms with Gasteiger partial charge in [-0.1, -0.05) is 0 Å². The van der Waals surface area contributed by atoms with Crippen LogP contribution in [0.4, 0.5) is 4.39 Å². The molecule has 1 aromatic heterocycles. The molecule has 2 bridgehead atoms. The summed E-state index contributed by atoms with van der Waals surface area (Å²) in [5.74, 6) is 0.933. The lowest BCUT2D eigenvalue weighted by atomic mass is 10.0. The Kier molecular flexibility index (Phi) is 4.44. The molecule has 4 rings (SSSR count). The van der Waals surface area contributed by atoms with Crippen LogP contribution in [0.2, 0.25) is 0 Å². The van der Waals surface area contributed by atoms with Gasteiger partial charge in [0.25, 0.3) is 0 Å². The first-order valence-electron chi connectivity index (χ1n) is 8.76. The molecule has 0 spiro atoms. The Morgan fingerprint density at radius 3 is 2.54 bits per heavy atom. The Labute approximate surface area is 152 Å². The fourth-order valence-electron chi connectivity index (χ4n) is 4.14. The van der Waals surface area contributed by atoms with Crippen LogP contribution in [0.15, 0.2) is 41.6 Å². The third-order valence-electron chi connectivity index (χ3n) is 5.40. The molecular weight excluding hydrogens is 355 g/mol. The molecule has 0 unspecified atom stereocenters. The van der Waals surface area contributed by atoms with Crippen molar-refractivity contribution in [3.05, 3.63) is 42.5 Å². The Hall–Kier alpha value is -1.99. The molecule has 2 atom stereocenters. The first kappa shape index (κ1) is 17.4. The number of fused-ring (bicyclic) bond motifs is 2. The Morgan fingerprint density at radius 1 is 1.15 bits per heavy atom. The number of hydrogen-bond donors (Lipinski definition) is 0. The van der Waals surface area contributed by atoms with E-state index in [0.29, 0.717) is 41.8 Å². The third-order valence-corrected chi connectivity index (χ3v) is 7.23. The number of aromatic nitrogens is 1. The minimum atomic E-state index is -3.59.